The number of carboxylic acid groups (broad SMARTS) is 1. The molecule has 0 radical (unpaired) electrons. The first kappa shape index (κ1) is 11.7. The molecule has 3 heteroatoms. The maximum Gasteiger partial charge on any atom is 0.303 e. The third-order valence-electron chi connectivity index (χ3n) is 2.85. The van der Waals surface area contributed by atoms with Gasteiger partial charge >= 0.3 is 5.97 Å². The van der Waals surface area contributed by atoms with E-state index in [1.165, 1.54) is 5.56 Å². The van der Waals surface area contributed by atoms with Crippen LogP contribution >= 0.6 is 0 Å². The topological polar surface area (TPSA) is 50.4 Å². The minimum atomic E-state index is -0.784. The second kappa shape index (κ2) is 5.04. The van der Waals surface area contributed by atoms with Crippen LogP contribution in [0.4, 0.5) is 0 Å². The molecule has 2 rings (SSSR count). The van der Waals surface area contributed by atoms with Gasteiger partial charge in [-0.25, -0.2) is 0 Å². The SMILES string of the molecule is CCCc1c(CCC(=O)O)oc2ccccc12. The number of furan rings is 1. The predicted octanol–water partition coefficient (Wildman–Crippen LogP) is 3.40. The molecule has 1 aromatic heterocycles. The molecule has 0 unspecified atom stereocenters. The van der Waals surface area contributed by atoms with E-state index in [0.29, 0.717) is 6.42 Å². The summed E-state index contributed by atoms with van der Waals surface area (Å²) in [7, 11) is 0. The lowest BCUT2D eigenvalue weighted by Gasteiger charge is -1.99. The molecule has 0 aliphatic carbocycles. The number of benzene rings is 1. The zero-order valence-electron chi connectivity index (χ0n) is 9.90. The molecule has 90 valence electrons. The van der Waals surface area contributed by atoms with Crippen molar-refractivity contribution in [1.82, 2.24) is 0 Å². The number of hydrogen-bond acceptors (Lipinski definition) is 2. The van der Waals surface area contributed by atoms with Crippen LogP contribution in [0.1, 0.15) is 31.1 Å². The van der Waals surface area contributed by atoms with Gasteiger partial charge in [-0.2, -0.15) is 0 Å². The van der Waals surface area contributed by atoms with E-state index in [0.717, 1.165) is 29.6 Å². The average molecular weight is 232 g/mol. The molecule has 1 heterocycles. The third-order valence-corrected chi connectivity index (χ3v) is 2.85. The number of carboxylic acids is 1. The summed E-state index contributed by atoms with van der Waals surface area (Å²) in [5.74, 6) is 0.0448. The molecule has 0 spiro atoms. The Balaban J connectivity index is 2.38. The van der Waals surface area contributed by atoms with E-state index >= 15 is 0 Å². The molecular weight excluding hydrogens is 216 g/mol. The Hall–Kier alpha value is -1.77. The van der Waals surface area contributed by atoms with Gasteiger partial charge < -0.3 is 9.52 Å². The van der Waals surface area contributed by atoms with Gasteiger partial charge in [-0.05, 0) is 12.5 Å². The van der Waals surface area contributed by atoms with Crippen molar-refractivity contribution in [3.63, 3.8) is 0 Å². The minimum Gasteiger partial charge on any atom is -0.481 e. The standard InChI is InChI=1S/C14H16O3/c1-2-5-10-11-6-3-4-7-12(11)17-13(10)8-9-14(15)16/h3-4,6-7H,2,5,8-9H2,1H3,(H,15,16). The lowest BCUT2D eigenvalue weighted by atomic mass is 10.0. The highest BCUT2D eigenvalue weighted by Crippen LogP contribution is 2.27. The Bertz CT molecular complexity index is 525. The van der Waals surface area contributed by atoms with Crippen LogP contribution in [0, 0.1) is 0 Å². The van der Waals surface area contributed by atoms with E-state index in [4.69, 9.17) is 9.52 Å². The van der Waals surface area contributed by atoms with Crippen molar-refractivity contribution in [1.29, 1.82) is 0 Å². The van der Waals surface area contributed by atoms with Gasteiger partial charge in [0.25, 0.3) is 0 Å². The summed E-state index contributed by atoms with van der Waals surface area (Å²) < 4.78 is 5.74. The Morgan fingerprint density at radius 3 is 2.76 bits per heavy atom. The molecule has 2 aromatic rings. The molecule has 0 fully saturated rings. The number of aliphatic carboxylic acids is 1. The van der Waals surface area contributed by atoms with Crippen molar-refractivity contribution in [2.75, 3.05) is 0 Å². The number of hydrogen-bond donors (Lipinski definition) is 1. The summed E-state index contributed by atoms with van der Waals surface area (Å²) in [6, 6.07) is 7.88. The fourth-order valence-corrected chi connectivity index (χ4v) is 2.10. The smallest absolute Gasteiger partial charge is 0.303 e. The molecule has 0 saturated heterocycles. The molecule has 0 saturated carbocycles. The van der Waals surface area contributed by atoms with E-state index in [-0.39, 0.29) is 6.42 Å². The van der Waals surface area contributed by atoms with Crippen LogP contribution in [0.2, 0.25) is 0 Å². The maximum atomic E-state index is 10.6. The first-order valence-electron chi connectivity index (χ1n) is 5.93. The van der Waals surface area contributed by atoms with Crippen molar-refractivity contribution in [2.45, 2.75) is 32.6 Å². The fourth-order valence-electron chi connectivity index (χ4n) is 2.10. The van der Waals surface area contributed by atoms with Gasteiger partial charge in [0.2, 0.25) is 0 Å². The van der Waals surface area contributed by atoms with Crippen LogP contribution in [-0.4, -0.2) is 11.1 Å². The number of fused-ring (bicyclic) bond motifs is 1. The molecule has 0 amide bonds. The van der Waals surface area contributed by atoms with Crippen LogP contribution in [0.5, 0.6) is 0 Å². The molecule has 1 N–H and O–H groups in total. The average Bonchev–Trinajstić information content (AvgIpc) is 2.66. The summed E-state index contributed by atoms with van der Waals surface area (Å²) in [6.07, 6.45) is 2.56. The van der Waals surface area contributed by atoms with Crippen molar-refractivity contribution in [2.24, 2.45) is 0 Å². The van der Waals surface area contributed by atoms with Crippen molar-refractivity contribution in [3.05, 3.63) is 35.6 Å². The largest absolute Gasteiger partial charge is 0.481 e. The lowest BCUT2D eigenvalue weighted by Crippen LogP contribution is -1.98. The third kappa shape index (κ3) is 2.49. The second-order valence-electron chi connectivity index (χ2n) is 4.14. The zero-order chi connectivity index (χ0) is 12.3. The number of para-hydroxylation sites is 1. The van der Waals surface area contributed by atoms with Crippen LogP contribution in [0.3, 0.4) is 0 Å². The normalized spacial score (nSPS) is 10.9. The van der Waals surface area contributed by atoms with Crippen LogP contribution in [0.15, 0.2) is 28.7 Å². The summed E-state index contributed by atoms with van der Waals surface area (Å²) >= 11 is 0. The molecule has 0 aliphatic heterocycles. The van der Waals surface area contributed by atoms with E-state index in [1.807, 2.05) is 24.3 Å². The highest BCUT2D eigenvalue weighted by molar-refractivity contribution is 5.82. The molecule has 0 aliphatic rings. The molecule has 0 atom stereocenters. The molecule has 3 nitrogen and oxygen atoms in total. The molecule has 0 bridgehead atoms. The Morgan fingerprint density at radius 2 is 2.06 bits per heavy atom. The van der Waals surface area contributed by atoms with Crippen molar-refractivity contribution in [3.8, 4) is 0 Å². The highest BCUT2D eigenvalue weighted by Gasteiger charge is 2.13. The van der Waals surface area contributed by atoms with Gasteiger partial charge in [0, 0.05) is 17.4 Å². The first-order valence-corrected chi connectivity index (χ1v) is 5.93. The summed E-state index contributed by atoms with van der Waals surface area (Å²) in [5, 5.41) is 9.85. The fraction of sp³-hybridized carbons (Fsp3) is 0.357. The van der Waals surface area contributed by atoms with Crippen LogP contribution in [-0.2, 0) is 17.6 Å². The van der Waals surface area contributed by atoms with E-state index in [2.05, 4.69) is 6.92 Å². The van der Waals surface area contributed by atoms with Crippen LogP contribution < -0.4 is 0 Å². The Morgan fingerprint density at radius 1 is 1.29 bits per heavy atom. The molecule has 17 heavy (non-hydrogen) atoms. The highest BCUT2D eigenvalue weighted by atomic mass is 16.4. The van der Waals surface area contributed by atoms with Gasteiger partial charge in [0.1, 0.15) is 11.3 Å². The minimum absolute atomic E-state index is 0.122. The lowest BCUT2D eigenvalue weighted by molar-refractivity contribution is -0.137. The maximum absolute atomic E-state index is 10.6. The van der Waals surface area contributed by atoms with Gasteiger partial charge in [0.15, 0.2) is 0 Å². The van der Waals surface area contributed by atoms with Crippen LogP contribution in [0.25, 0.3) is 11.0 Å². The Labute approximate surface area is 100 Å². The van der Waals surface area contributed by atoms with Gasteiger partial charge in [-0.15, -0.1) is 0 Å². The monoisotopic (exact) mass is 232 g/mol. The second-order valence-corrected chi connectivity index (χ2v) is 4.14. The van der Waals surface area contributed by atoms with Crippen molar-refractivity contribution >= 4 is 16.9 Å². The number of aryl methyl sites for hydroxylation is 2. The van der Waals surface area contributed by atoms with E-state index in [9.17, 15) is 4.79 Å². The first-order chi connectivity index (χ1) is 8.22. The molecular formula is C14H16O3. The van der Waals surface area contributed by atoms with E-state index in [1.54, 1.807) is 0 Å². The summed E-state index contributed by atoms with van der Waals surface area (Å²) in [5.41, 5.74) is 2.03. The summed E-state index contributed by atoms with van der Waals surface area (Å²) in [6.45, 7) is 2.11. The number of carbonyl (C=O) groups is 1. The van der Waals surface area contributed by atoms with Crippen molar-refractivity contribution < 1.29 is 14.3 Å². The predicted molar refractivity (Wildman–Crippen MR) is 66.2 cm³/mol. The summed E-state index contributed by atoms with van der Waals surface area (Å²) in [4.78, 5) is 10.6. The van der Waals surface area contributed by atoms with Gasteiger partial charge in [-0.3, -0.25) is 4.79 Å². The molecule has 1 aromatic carbocycles. The zero-order valence-corrected chi connectivity index (χ0v) is 9.90. The van der Waals surface area contributed by atoms with Gasteiger partial charge in [0.05, 0.1) is 6.42 Å². The number of rotatable bonds is 5. The Kier molecular flexibility index (Phi) is 3.47. The quantitative estimate of drug-likeness (QED) is 0.859. The van der Waals surface area contributed by atoms with E-state index < -0.39 is 5.97 Å². The van der Waals surface area contributed by atoms with Gasteiger partial charge in [-0.1, -0.05) is 31.5 Å².